The van der Waals surface area contributed by atoms with E-state index >= 15 is 0 Å². The Balaban J connectivity index is 2.54. The minimum atomic E-state index is -0.966. The lowest BCUT2D eigenvalue weighted by atomic mass is 9.98. The first kappa shape index (κ1) is 14.0. The number of carbonyl (C=O) groups is 2. The van der Waals surface area contributed by atoms with E-state index in [1.807, 2.05) is 13.8 Å². The molecule has 0 spiro atoms. The second-order valence-corrected chi connectivity index (χ2v) is 4.40. The van der Waals surface area contributed by atoms with Crippen LogP contribution in [-0.4, -0.2) is 35.7 Å². The molecule has 1 fully saturated rings. The molecule has 98 valence electrons. The summed E-state index contributed by atoms with van der Waals surface area (Å²) in [6.45, 7) is 4.45. The van der Waals surface area contributed by atoms with Crippen LogP contribution in [0.2, 0.25) is 0 Å². The molecule has 0 radical (unpaired) electrons. The van der Waals surface area contributed by atoms with Gasteiger partial charge in [0.1, 0.15) is 6.04 Å². The zero-order chi connectivity index (χ0) is 12.8. The highest BCUT2D eigenvalue weighted by atomic mass is 16.5. The van der Waals surface area contributed by atoms with Crippen molar-refractivity contribution in [3.63, 3.8) is 0 Å². The smallest absolute Gasteiger partial charge is 0.326 e. The van der Waals surface area contributed by atoms with Crippen molar-refractivity contribution in [3.05, 3.63) is 0 Å². The van der Waals surface area contributed by atoms with Gasteiger partial charge in [-0.05, 0) is 19.3 Å². The van der Waals surface area contributed by atoms with Crippen molar-refractivity contribution in [1.82, 2.24) is 5.32 Å². The van der Waals surface area contributed by atoms with Gasteiger partial charge in [-0.15, -0.1) is 0 Å². The second kappa shape index (κ2) is 6.59. The first-order chi connectivity index (χ1) is 8.10. The van der Waals surface area contributed by atoms with Gasteiger partial charge in [-0.3, -0.25) is 4.79 Å². The van der Waals surface area contributed by atoms with E-state index in [0.717, 1.165) is 12.8 Å². The largest absolute Gasteiger partial charge is 0.480 e. The Labute approximate surface area is 102 Å². The molecule has 1 aliphatic rings. The van der Waals surface area contributed by atoms with Gasteiger partial charge in [0, 0.05) is 6.61 Å². The summed E-state index contributed by atoms with van der Waals surface area (Å²) in [6, 6.07) is -0.773. The normalized spacial score (nSPS) is 25.5. The third-order valence-corrected chi connectivity index (χ3v) is 3.14. The average Bonchev–Trinajstić information content (AvgIpc) is 2.76. The number of carboxylic acids is 1. The van der Waals surface area contributed by atoms with Crippen LogP contribution in [0.5, 0.6) is 0 Å². The maximum Gasteiger partial charge on any atom is 0.326 e. The van der Waals surface area contributed by atoms with Crippen LogP contribution in [0.4, 0.5) is 0 Å². The Kier molecular flexibility index (Phi) is 5.41. The van der Waals surface area contributed by atoms with Crippen molar-refractivity contribution in [3.8, 4) is 0 Å². The molecule has 1 heterocycles. The molecule has 2 unspecified atom stereocenters. The van der Waals surface area contributed by atoms with Crippen LogP contribution in [0.1, 0.15) is 39.5 Å². The van der Waals surface area contributed by atoms with E-state index in [1.54, 1.807) is 0 Å². The summed E-state index contributed by atoms with van der Waals surface area (Å²) in [5, 5.41) is 11.6. The van der Waals surface area contributed by atoms with Gasteiger partial charge in [0.2, 0.25) is 5.91 Å². The number of rotatable bonds is 6. The van der Waals surface area contributed by atoms with Crippen molar-refractivity contribution in [2.75, 3.05) is 6.61 Å². The van der Waals surface area contributed by atoms with Crippen molar-refractivity contribution in [2.24, 2.45) is 5.92 Å². The Bertz CT molecular complexity index is 280. The quantitative estimate of drug-likeness (QED) is 0.734. The molecule has 5 nitrogen and oxygen atoms in total. The predicted molar refractivity (Wildman–Crippen MR) is 62.6 cm³/mol. The lowest BCUT2D eigenvalue weighted by molar-refractivity contribution is -0.143. The highest BCUT2D eigenvalue weighted by Crippen LogP contribution is 2.23. The van der Waals surface area contributed by atoms with Gasteiger partial charge in [0.05, 0.1) is 12.0 Å². The van der Waals surface area contributed by atoms with Crippen LogP contribution in [0.15, 0.2) is 0 Å². The summed E-state index contributed by atoms with van der Waals surface area (Å²) < 4.78 is 5.43. The zero-order valence-corrected chi connectivity index (χ0v) is 10.4. The monoisotopic (exact) mass is 243 g/mol. The maximum atomic E-state index is 11.9. The summed E-state index contributed by atoms with van der Waals surface area (Å²) >= 11 is 0. The number of ether oxygens (including phenoxy) is 1. The molecule has 3 atom stereocenters. The fraction of sp³-hybridized carbons (Fsp3) is 0.833. The molecule has 1 saturated heterocycles. The number of hydrogen-bond acceptors (Lipinski definition) is 3. The number of aliphatic carboxylic acids is 1. The summed E-state index contributed by atoms with van der Waals surface area (Å²) in [5.74, 6) is -1.35. The molecular weight excluding hydrogens is 222 g/mol. The average molecular weight is 243 g/mol. The minimum absolute atomic E-state index is 0.0638. The van der Waals surface area contributed by atoms with Gasteiger partial charge >= 0.3 is 5.97 Å². The van der Waals surface area contributed by atoms with Crippen LogP contribution < -0.4 is 5.32 Å². The molecule has 1 aliphatic heterocycles. The minimum Gasteiger partial charge on any atom is -0.480 e. The molecule has 2 N–H and O–H groups in total. The first-order valence-electron chi connectivity index (χ1n) is 6.24. The molecule has 5 heteroatoms. The van der Waals surface area contributed by atoms with Crippen LogP contribution in [-0.2, 0) is 14.3 Å². The zero-order valence-electron chi connectivity index (χ0n) is 10.4. The van der Waals surface area contributed by atoms with Crippen molar-refractivity contribution >= 4 is 11.9 Å². The van der Waals surface area contributed by atoms with Crippen molar-refractivity contribution in [2.45, 2.75) is 51.7 Å². The molecule has 0 aromatic heterocycles. The molecule has 17 heavy (non-hydrogen) atoms. The molecule has 1 amide bonds. The fourth-order valence-corrected chi connectivity index (χ4v) is 2.18. The van der Waals surface area contributed by atoms with Crippen LogP contribution in [0.25, 0.3) is 0 Å². The van der Waals surface area contributed by atoms with Gasteiger partial charge in [0.15, 0.2) is 0 Å². The van der Waals surface area contributed by atoms with E-state index in [1.165, 1.54) is 0 Å². The maximum absolute atomic E-state index is 11.9. The van der Waals surface area contributed by atoms with Gasteiger partial charge < -0.3 is 15.2 Å². The van der Waals surface area contributed by atoms with Gasteiger partial charge in [-0.1, -0.05) is 20.3 Å². The molecule has 0 aromatic rings. The van der Waals surface area contributed by atoms with E-state index < -0.39 is 12.0 Å². The van der Waals surface area contributed by atoms with Crippen LogP contribution >= 0.6 is 0 Å². The van der Waals surface area contributed by atoms with Crippen LogP contribution in [0, 0.1) is 5.92 Å². The van der Waals surface area contributed by atoms with Crippen molar-refractivity contribution < 1.29 is 19.4 Å². The third kappa shape index (κ3) is 3.70. The third-order valence-electron chi connectivity index (χ3n) is 3.14. The van der Waals surface area contributed by atoms with E-state index in [-0.39, 0.29) is 17.9 Å². The Morgan fingerprint density at radius 3 is 2.71 bits per heavy atom. The lowest BCUT2D eigenvalue weighted by Gasteiger charge is -2.19. The number of amides is 1. The van der Waals surface area contributed by atoms with E-state index in [9.17, 15) is 9.59 Å². The number of hydrogen-bond donors (Lipinski definition) is 2. The van der Waals surface area contributed by atoms with Gasteiger partial charge in [-0.25, -0.2) is 4.79 Å². The van der Waals surface area contributed by atoms with E-state index in [4.69, 9.17) is 9.84 Å². The second-order valence-electron chi connectivity index (χ2n) is 4.40. The first-order valence-corrected chi connectivity index (χ1v) is 6.24. The lowest BCUT2D eigenvalue weighted by Crippen LogP contribution is -2.45. The van der Waals surface area contributed by atoms with Gasteiger partial charge in [-0.2, -0.15) is 0 Å². The Morgan fingerprint density at radius 1 is 1.47 bits per heavy atom. The standard InChI is InChI=1S/C12H21NO4/c1-3-5-9(12(15)16)13-11(14)8-6-7-17-10(8)4-2/h8-10H,3-7H2,1-2H3,(H,13,14)(H,15,16)/t8?,9-,10?/m1/s1. The van der Waals surface area contributed by atoms with E-state index in [0.29, 0.717) is 19.4 Å². The molecule has 0 saturated carbocycles. The highest BCUT2D eigenvalue weighted by molar-refractivity contribution is 5.85. The number of nitrogens with one attached hydrogen (secondary N) is 1. The summed E-state index contributed by atoms with van der Waals surface area (Å²) in [6.07, 6.45) is 2.60. The number of carbonyl (C=O) groups excluding carboxylic acids is 1. The Morgan fingerprint density at radius 2 is 2.18 bits per heavy atom. The van der Waals surface area contributed by atoms with Crippen LogP contribution in [0.3, 0.4) is 0 Å². The van der Waals surface area contributed by atoms with E-state index in [2.05, 4.69) is 5.32 Å². The summed E-state index contributed by atoms with van der Waals surface area (Å²) in [7, 11) is 0. The Hall–Kier alpha value is -1.10. The summed E-state index contributed by atoms with van der Waals surface area (Å²) in [4.78, 5) is 22.9. The molecular formula is C12H21NO4. The fourth-order valence-electron chi connectivity index (χ4n) is 2.18. The highest BCUT2D eigenvalue weighted by Gasteiger charge is 2.34. The topological polar surface area (TPSA) is 75.6 Å². The molecule has 0 aromatic carbocycles. The van der Waals surface area contributed by atoms with Crippen molar-refractivity contribution in [1.29, 1.82) is 0 Å². The SMILES string of the molecule is CCC[C@@H](NC(=O)C1CCOC1CC)C(=O)O. The number of carboxylic acid groups (broad SMARTS) is 1. The molecule has 0 aliphatic carbocycles. The molecule has 1 rings (SSSR count). The summed E-state index contributed by atoms with van der Waals surface area (Å²) in [5.41, 5.74) is 0. The molecule has 0 bridgehead atoms. The van der Waals surface area contributed by atoms with Gasteiger partial charge in [0.25, 0.3) is 0 Å². The predicted octanol–water partition coefficient (Wildman–Crippen LogP) is 1.17.